The third-order valence-corrected chi connectivity index (χ3v) is 3.32. The Bertz CT molecular complexity index is 368. The Hall–Kier alpha value is -1.51. The molecule has 0 atom stereocenters. The van der Waals surface area contributed by atoms with Gasteiger partial charge in [-0.3, -0.25) is 4.79 Å². The van der Waals surface area contributed by atoms with Gasteiger partial charge in [0.2, 0.25) is 0 Å². The molecule has 1 aromatic rings. The summed E-state index contributed by atoms with van der Waals surface area (Å²) in [5.74, 6) is -0.778. The number of anilines is 1. The highest BCUT2D eigenvalue weighted by molar-refractivity contribution is 5.70. The van der Waals surface area contributed by atoms with E-state index in [1.54, 1.807) is 0 Å². The van der Waals surface area contributed by atoms with Gasteiger partial charge in [0.15, 0.2) is 0 Å². The molecule has 0 saturated heterocycles. The van der Waals surface area contributed by atoms with Crippen LogP contribution in [0.2, 0.25) is 0 Å². The molecule has 0 spiro atoms. The Kier molecular flexibility index (Phi) is 3.13. The second-order valence-corrected chi connectivity index (χ2v) is 4.43. The molecule has 0 bridgehead atoms. The van der Waals surface area contributed by atoms with Gasteiger partial charge < -0.3 is 10.0 Å². The molecule has 1 aliphatic carbocycles. The monoisotopic (exact) mass is 219 g/mol. The first-order valence-corrected chi connectivity index (χ1v) is 5.70. The quantitative estimate of drug-likeness (QED) is 0.844. The number of nitrogens with zero attached hydrogens (tertiary/aromatic N) is 1. The number of benzene rings is 1. The van der Waals surface area contributed by atoms with Gasteiger partial charge in [-0.1, -0.05) is 12.1 Å². The predicted octanol–water partition coefficient (Wildman–Crippen LogP) is 2.30. The summed E-state index contributed by atoms with van der Waals surface area (Å²) in [4.78, 5) is 12.8. The van der Waals surface area contributed by atoms with Crippen molar-refractivity contribution in [3.63, 3.8) is 0 Å². The summed E-state index contributed by atoms with van der Waals surface area (Å²) in [6.07, 6.45) is 3.97. The fourth-order valence-corrected chi connectivity index (χ4v) is 2.01. The first kappa shape index (κ1) is 11.0. The van der Waals surface area contributed by atoms with Crippen molar-refractivity contribution in [3.05, 3.63) is 29.8 Å². The molecule has 1 N–H and O–H groups in total. The lowest BCUT2D eigenvalue weighted by Gasteiger charge is -2.36. The van der Waals surface area contributed by atoms with Crippen molar-refractivity contribution < 1.29 is 9.90 Å². The van der Waals surface area contributed by atoms with E-state index in [0.717, 1.165) is 5.56 Å². The van der Waals surface area contributed by atoms with Crippen molar-refractivity contribution in [2.45, 2.75) is 31.7 Å². The van der Waals surface area contributed by atoms with E-state index in [0.29, 0.717) is 6.04 Å². The first-order valence-electron chi connectivity index (χ1n) is 5.70. The van der Waals surface area contributed by atoms with Crippen molar-refractivity contribution in [3.8, 4) is 0 Å². The topological polar surface area (TPSA) is 40.5 Å². The second-order valence-electron chi connectivity index (χ2n) is 4.43. The molecule has 3 heteroatoms. The molecule has 2 rings (SSSR count). The molecule has 1 fully saturated rings. The van der Waals surface area contributed by atoms with Gasteiger partial charge in [0, 0.05) is 18.8 Å². The van der Waals surface area contributed by atoms with Crippen LogP contribution in [0.25, 0.3) is 0 Å². The molecular formula is C13H17NO2. The zero-order valence-corrected chi connectivity index (χ0v) is 9.52. The van der Waals surface area contributed by atoms with Crippen LogP contribution in [0.1, 0.15) is 24.8 Å². The number of hydrogen-bond donors (Lipinski definition) is 1. The molecule has 1 aromatic carbocycles. The van der Waals surface area contributed by atoms with Gasteiger partial charge >= 0.3 is 5.97 Å². The van der Waals surface area contributed by atoms with Crippen molar-refractivity contribution in [2.24, 2.45) is 0 Å². The normalized spacial score (nSPS) is 15.6. The Morgan fingerprint density at radius 3 is 2.44 bits per heavy atom. The molecule has 16 heavy (non-hydrogen) atoms. The maximum atomic E-state index is 10.5. The number of rotatable bonds is 4. The van der Waals surface area contributed by atoms with E-state index in [-0.39, 0.29) is 6.42 Å². The molecule has 0 amide bonds. The molecule has 86 valence electrons. The molecule has 0 heterocycles. The maximum absolute atomic E-state index is 10.5. The van der Waals surface area contributed by atoms with Crippen LogP contribution in [-0.4, -0.2) is 24.2 Å². The largest absolute Gasteiger partial charge is 0.481 e. The summed E-state index contributed by atoms with van der Waals surface area (Å²) in [6, 6.07) is 8.50. The third-order valence-electron chi connectivity index (χ3n) is 3.32. The summed E-state index contributed by atoms with van der Waals surface area (Å²) in [6.45, 7) is 0. The van der Waals surface area contributed by atoms with Crippen molar-refractivity contribution in [1.29, 1.82) is 0 Å². The lowest BCUT2D eigenvalue weighted by Crippen LogP contribution is -2.37. The summed E-state index contributed by atoms with van der Waals surface area (Å²) in [5, 5.41) is 8.67. The van der Waals surface area contributed by atoms with Crippen LogP contribution in [0.3, 0.4) is 0 Å². The van der Waals surface area contributed by atoms with Crippen molar-refractivity contribution in [2.75, 3.05) is 11.9 Å². The molecule has 1 saturated carbocycles. The number of carboxylic acid groups (broad SMARTS) is 1. The maximum Gasteiger partial charge on any atom is 0.307 e. The van der Waals surface area contributed by atoms with Crippen molar-refractivity contribution >= 4 is 11.7 Å². The SMILES string of the molecule is CN(c1ccc(CC(=O)O)cc1)C1CCC1. The van der Waals surface area contributed by atoms with E-state index in [2.05, 4.69) is 11.9 Å². The van der Waals surface area contributed by atoms with Gasteiger partial charge in [0.05, 0.1) is 6.42 Å². The van der Waals surface area contributed by atoms with E-state index < -0.39 is 5.97 Å². The fraction of sp³-hybridized carbons (Fsp3) is 0.462. The van der Waals surface area contributed by atoms with Gasteiger partial charge in [-0.25, -0.2) is 0 Å². The Labute approximate surface area is 95.7 Å². The number of aliphatic carboxylic acids is 1. The van der Waals surface area contributed by atoms with Crippen molar-refractivity contribution in [1.82, 2.24) is 0 Å². The smallest absolute Gasteiger partial charge is 0.307 e. The standard InChI is InChI=1S/C13H17NO2/c1-14(11-3-2-4-11)12-7-5-10(6-8-12)9-13(15)16/h5-8,11H,2-4,9H2,1H3,(H,15,16). The highest BCUT2D eigenvalue weighted by atomic mass is 16.4. The zero-order valence-electron chi connectivity index (χ0n) is 9.52. The van der Waals surface area contributed by atoms with Gasteiger partial charge in [0.1, 0.15) is 0 Å². The van der Waals surface area contributed by atoms with Gasteiger partial charge in [-0.05, 0) is 37.0 Å². The van der Waals surface area contributed by atoms with E-state index in [9.17, 15) is 4.79 Å². The van der Waals surface area contributed by atoms with Crippen LogP contribution in [0.5, 0.6) is 0 Å². The minimum Gasteiger partial charge on any atom is -0.481 e. The Morgan fingerprint density at radius 1 is 1.38 bits per heavy atom. The molecule has 0 unspecified atom stereocenters. The van der Waals surface area contributed by atoms with Crippen LogP contribution < -0.4 is 4.90 Å². The van der Waals surface area contributed by atoms with E-state index >= 15 is 0 Å². The number of carbonyl (C=O) groups is 1. The van der Waals surface area contributed by atoms with Crippen LogP contribution in [0, 0.1) is 0 Å². The average Bonchev–Trinajstić information content (AvgIpc) is 2.15. The summed E-state index contributed by atoms with van der Waals surface area (Å²) >= 11 is 0. The summed E-state index contributed by atoms with van der Waals surface area (Å²) in [7, 11) is 2.11. The molecular weight excluding hydrogens is 202 g/mol. The zero-order chi connectivity index (χ0) is 11.5. The van der Waals surface area contributed by atoms with E-state index in [4.69, 9.17) is 5.11 Å². The van der Waals surface area contributed by atoms with E-state index in [1.807, 2.05) is 24.3 Å². The van der Waals surface area contributed by atoms with Crippen LogP contribution >= 0.6 is 0 Å². The van der Waals surface area contributed by atoms with Gasteiger partial charge in [-0.15, -0.1) is 0 Å². The van der Waals surface area contributed by atoms with E-state index in [1.165, 1.54) is 24.9 Å². The number of carboxylic acids is 1. The highest BCUT2D eigenvalue weighted by Crippen LogP contribution is 2.28. The lowest BCUT2D eigenvalue weighted by atomic mass is 9.91. The summed E-state index contributed by atoms with van der Waals surface area (Å²) in [5.41, 5.74) is 2.04. The Morgan fingerprint density at radius 2 is 2.00 bits per heavy atom. The molecule has 0 radical (unpaired) electrons. The van der Waals surface area contributed by atoms with Gasteiger partial charge in [-0.2, -0.15) is 0 Å². The fourth-order valence-electron chi connectivity index (χ4n) is 2.01. The molecule has 3 nitrogen and oxygen atoms in total. The lowest BCUT2D eigenvalue weighted by molar-refractivity contribution is -0.136. The number of hydrogen-bond acceptors (Lipinski definition) is 2. The Balaban J connectivity index is 2.03. The first-order chi connectivity index (χ1) is 7.66. The predicted molar refractivity (Wildman–Crippen MR) is 63.8 cm³/mol. The second kappa shape index (κ2) is 4.56. The minimum absolute atomic E-state index is 0.105. The average molecular weight is 219 g/mol. The van der Waals surface area contributed by atoms with Crippen LogP contribution in [-0.2, 0) is 11.2 Å². The van der Waals surface area contributed by atoms with Crippen LogP contribution in [0.4, 0.5) is 5.69 Å². The van der Waals surface area contributed by atoms with Crippen LogP contribution in [0.15, 0.2) is 24.3 Å². The molecule has 0 aliphatic heterocycles. The molecule has 1 aliphatic rings. The van der Waals surface area contributed by atoms with Gasteiger partial charge in [0.25, 0.3) is 0 Å². The minimum atomic E-state index is -0.778. The highest BCUT2D eigenvalue weighted by Gasteiger charge is 2.21. The third kappa shape index (κ3) is 2.35. The molecule has 0 aromatic heterocycles. The summed E-state index contributed by atoms with van der Waals surface area (Å²) < 4.78 is 0.